The Hall–Kier alpha value is -1.32. The monoisotopic (exact) mass is 153 g/mol. The van der Waals surface area contributed by atoms with Crippen molar-refractivity contribution in [1.82, 2.24) is 9.91 Å². The number of hydrogen-bond donors (Lipinski definition) is 0. The van der Waals surface area contributed by atoms with Gasteiger partial charge in [-0.25, -0.2) is 5.01 Å². The van der Waals surface area contributed by atoms with Crippen LogP contribution in [-0.4, -0.2) is 43.2 Å². The lowest BCUT2D eigenvalue weighted by Crippen LogP contribution is -2.17. The van der Waals surface area contributed by atoms with Crippen molar-refractivity contribution in [1.29, 1.82) is 0 Å². The minimum absolute atomic E-state index is 0.0568. The van der Waals surface area contributed by atoms with Gasteiger partial charge in [0.25, 0.3) is 5.91 Å². The van der Waals surface area contributed by atoms with Crippen LogP contribution in [0.3, 0.4) is 0 Å². The number of carbonyl (C=O) groups is 1. The van der Waals surface area contributed by atoms with Gasteiger partial charge in [0.2, 0.25) is 0 Å². The summed E-state index contributed by atoms with van der Waals surface area (Å²) in [6.07, 6.45) is 3.30. The second kappa shape index (κ2) is 2.74. The summed E-state index contributed by atoms with van der Waals surface area (Å²) < 4.78 is 0. The van der Waals surface area contributed by atoms with Gasteiger partial charge in [-0.05, 0) is 0 Å². The molecule has 1 heterocycles. The molecule has 11 heavy (non-hydrogen) atoms. The summed E-state index contributed by atoms with van der Waals surface area (Å²) in [4.78, 5) is 13.0. The molecule has 0 unspecified atom stereocenters. The van der Waals surface area contributed by atoms with Crippen LogP contribution in [0.4, 0.5) is 0 Å². The zero-order chi connectivity index (χ0) is 8.43. The maximum absolute atomic E-state index is 11.1. The Labute approximate surface area is 65.8 Å². The SMILES string of the molecule is CN(C)C=C1C=NN(C)C1=O. The molecular formula is C7H11N3O. The molecule has 0 spiro atoms. The second-order valence-corrected chi connectivity index (χ2v) is 2.62. The van der Waals surface area contributed by atoms with Crippen LogP contribution in [0.2, 0.25) is 0 Å². The average molecular weight is 153 g/mol. The Morgan fingerprint density at radius 1 is 1.64 bits per heavy atom. The Bertz CT molecular complexity index is 230. The van der Waals surface area contributed by atoms with E-state index in [0.717, 1.165) is 0 Å². The largest absolute Gasteiger partial charge is 0.383 e. The van der Waals surface area contributed by atoms with Gasteiger partial charge in [-0.3, -0.25) is 4.79 Å². The fraction of sp³-hybridized carbons (Fsp3) is 0.429. The Morgan fingerprint density at radius 2 is 2.27 bits per heavy atom. The van der Waals surface area contributed by atoms with E-state index < -0.39 is 0 Å². The summed E-state index contributed by atoms with van der Waals surface area (Å²) in [7, 11) is 5.37. The lowest BCUT2D eigenvalue weighted by atomic mass is 10.3. The van der Waals surface area contributed by atoms with Crippen molar-refractivity contribution >= 4 is 12.1 Å². The molecule has 0 saturated carbocycles. The summed E-state index contributed by atoms with van der Waals surface area (Å²) in [5.41, 5.74) is 0.623. The van der Waals surface area contributed by atoms with Gasteiger partial charge in [-0.15, -0.1) is 0 Å². The van der Waals surface area contributed by atoms with Gasteiger partial charge in [0.15, 0.2) is 0 Å². The van der Waals surface area contributed by atoms with E-state index in [2.05, 4.69) is 5.10 Å². The highest BCUT2D eigenvalue weighted by Gasteiger charge is 2.18. The molecule has 0 saturated heterocycles. The smallest absolute Gasteiger partial charge is 0.276 e. The lowest BCUT2D eigenvalue weighted by molar-refractivity contribution is -0.124. The van der Waals surface area contributed by atoms with Crippen LogP contribution in [0, 0.1) is 0 Å². The van der Waals surface area contributed by atoms with E-state index >= 15 is 0 Å². The van der Waals surface area contributed by atoms with E-state index in [9.17, 15) is 4.79 Å². The number of hydrazone groups is 1. The molecule has 4 nitrogen and oxygen atoms in total. The first-order chi connectivity index (χ1) is 5.11. The van der Waals surface area contributed by atoms with Crippen LogP contribution in [-0.2, 0) is 4.79 Å². The highest BCUT2D eigenvalue weighted by Crippen LogP contribution is 2.05. The summed E-state index contributed by atoms with van der Waals surface area (Å²) in [5, 5.41) is 5.13. The highest BCUT2D eigenvalue weighted by molar-refractivity contribution is 6.15. The molecule has 0 fully saturated rings. The van der Waals surface area contributed by atoms with Crippen molar-refractivity contribution in [2.75, 3.05) is 21.1 Å². The first kappa shape index (κ1) is 7.78. The number of likely N-dealkylation sites (N-methyl/N-ethyl adjacent to an activating group) is 1. The van der Waals surface area contributed by atoms with E-state index in [-0.39, 0.29) is 5.91 Å². The molecule has 1 amide bonds. The number of carbonyl (C=O) groups excluding carboxylic acids is 1. The molecule has 1 aliphatic rings. The second-order valence-electron chi connectivity index (χ2n) is 2.62. The van der Waals surface area contributed by atoms with Crippen molar-refractivity contribution in [2.45, 2.75) is 0 Å². The van der Waals surface area contributed by atoms with E-state index in [0.29, 0.717) is 5.57 Å². The molecule has 60 valence electrons. The quantitative estimate of drug-likeness (QED) is 0.493. The van der Waals surface area contributed by atoms with Crippen molar-refractivity contribution < 1.29 is 4.79 Å². The predicted octanol–water partition coefficient (Wildman–Crippen LogP) is -0.110. The third-order valence-corrected chi connectivity index (χ3v) is 1.31. The highest BCUT2D eigenvalue weighted by atomic mass is 16.2. The topological polar surface area (TPSA) is 35.9 Å². The number of amides is 1. The van der Waals surface area contributed by atoms with Crippen molar-refractivity contribution in [3.8, 4) is 0 Å². The summed E-state index contributed by atoms with van der Waals surface area (Å²) in [5.74, 6) is -0.0568. The summed E-state index contributed by atoms with van der Waals surface area (Å²) >= 11 is 0. The Morgan fingerprint density at radius 3 is 2.64 bits per heavy atom. The first-order valence-electron chi connectivity index (χ1n) is 3.31. The normalized spacial score (nSPS) is 20.1. The minimum atomic E-state index is -0.0568. The maximum atomic E-state index is 11.1. The minimum Gasteiger partial charge on any atom is -0.383 e. The zero-order valence-electron chi connectivity index (χ0n) is 6.90. The molecule has 4 heteroatoms. The molecular weight excluding hydrogens is 142 g/mol. The van der Waals surface area contributed by atoms with Gasteiger partial charge < -0.3 is 4.90 Å². The number of rotatable bonds is 1. The van der Waals surface area contributed by atoms with Crippen LogP contribution < -0.4 is 0 Å². The number of hydrogen-bond acceptors (Lipinski definition) is 3. The van der Waals surface area contributed by atoms with Crippen molar-refractivity contribution in [2.24, 2.45) is 5.10 Å². The van der Waals surface area contributed by atoms with Crippen LogP contribution >= 0.6 is 0 Å². The Kier molecular flexibility index (Phi) is 1.94. The molecule has 0 N–H and O–H groups in total. The molecule has 0 aromatic carbocycles. The predicted molar refractivity (Wildman–Crippen MR) is 43.0 cm³/mol. The fourth-order valence-corrected chi connectivity index (χ4v) is 0.810. The standard InChI is InChI=1S/C7H11N3O/c1-9(2)5-6-4-8-10(3)7(6)11/h4-5H,1-3H3. The fourth-order valence-electron chi connectivity index (χ4n) is 0.810. The number of nitrogens with zero attached hydrogens (tertiary/aromatic N) is 3. The molecule has 0 bridgehead atoms. The molecule has 1 rings (SSSR count). The molecule has 1 aliphatic heterocycles. The van der Waals surface area contributed by atoms with Gasteiger partial charge in [0.1, 0.15) is 0 Å². The van der Waals surface area contributed by atoms with Crippen molar-refractivity contribution in [3.05, 3.63) is 11.8 Å². The molecule has 0 atom stereocenters. The third kappa shape index (κ3) is 1.58. The van der Waals surface area contributed by atoms with Crippen LogP contribution in [0.5, 0.6) is 0 Å². The van der Waals surface area contributed by atoms with Crippen LogP contribution in [0.25, 0.3) is 0 Å². The molecule has 0 radical (unpaired) electrons. The van der Waals surface area contributed by atoms with E-state index in [1.165, 1.54) is 5.01 Å². The third-order valence-electron chi connectivity index (χ3n) is 1.31. The average Bonchev–Trinajstić information content (AvgIpc) is 2.18. The van der Waals surface area contributed by atoms with E-state index in [1.807, 2.05) is 19.0 Å². The summed E-state index contributed by atoms with van der Waals surface area (Å²) in [6, 6.07) is 0. The van der Waals surface area contributed by atoms with Gasteiger partial charge >= 0.3 is 0 Å². The summed E-state index contributed by atoms with van der Waals surface area (Å²) in [6.45, 7) is 0. The maximum Gasteiger partial charge on any atom is 0.276 e. The lowest BCUT2D eigenvalue weighted by Gasteiger charge is -2.05. The molecule has 0 aromatic heterocycles. The van der Waals surface area contributed by atoms with Gasteiger partial charge in [0.05, 0.1) is 11.8 Å². The zero-order valence-corrected chi connectivity index (χ0v) is 6.90. The van der Waals surface area contributed by atoms with Gasteiger partial charge in [-0.2, -0.15) is 5.10 Å². The molecule has 0 aliphatic carbocycles. The van der Waals surface area contributed by atoms with Crippen LogP contribution in [0.15, 0.2) is 16.9 Å². The van der Waals surface area contributed by atoms with E-state index in [4.69, 9.17) is 0 Å². The Balaban J connectivity index is 2.78. The van der Waals surface area contributed by atoms with Crippen molar-refractivity contribution in [3.63, 3.8) is 0 Å². The molecule has 0 aromatic rings. The van der Waals surface area contributed by atoms with E-state index in [1.54, 1.807) is 19.5 Å². The van der Waals surface area contributed by atoms with Gasteiger partial charge in [0, 0.05) is 27.3 Å². The first-order valence-corrected chi connectivity index (χ1v) is 3.31. The van der Waals surface area contributed by atoms with Gasteiger partial charge in [-0.1, -0.05) is 0 Å². The van der Waals surface area contributed by atoms with Crippen LogP contribution in [0.1, 0.15) is 0 Å².